The minimum atomic E-state index is -1.25. The summed E-state index contributed by atoms with van der Waals surface area (Å²) in [6, 6.07) is 15.0. The van der Waals surface area contributed by atoms with E-state index in [2.05, 4.69) is 0 Å². The molecule has 2 aromatic carbocycles. The molecular formula is C17H18O4. The molecule has 0 unspecified atom stereocenters. The summed E-state index contributed by atoms with van der Waals surface area (Å²) in [6.45, 7) is 3.04. The Morgan fingerprint density at radius 1 is 1.00 bits per heavy atom. The molecule has 2 rings (SSSR count). The van der Waals surface area contributed by atoms with Crippen LogP contribution in [0, 0.1) is 0 Å². The zero-order valence-corrected chi connectivity index (χ0v) is 12.3. The van der Waals surface area contributed by atoms with Crippen LogP contribution >= 0.6 is 0 Å². The monoisotopic (exact) mass is 286 g/mol. The van der Waals surface area contributed by atoms with Crippen LogP contribution < -0.4 is 9.47 Å². The summed E-state index contributed by atoms with van der Waals surface area (Å²) < 4.78 is 10.7. The fourth-order valence-corrected chi connectivity index (χ4v) is 1.86. The zero-order chi connectivity index (χ0) is 15.5. The molecule has 0 atom stereocenters. The van der Waals surface area contributed by atoms with E-state index < -0.39 is 11.6 Å². The van der Waals surface area contributed by atoms with E-state index in [9.17, 15) is 4.79 Å². The predicted octanol–water partition coefficient (Wildman–Crippen LogP) is 3.60. The summed E-state index contributed by atoms with van der Waals surface area (Å²) in [5.74, 6) is 0.313. The summed E-state index contributed by atoms with van der Waals surface area (Å²) in [5.41, 5.74) is 0.782. The van der Waals surface area contributed by atoms with Gasteiger partial charge in [-0.1, -0.05) is 24.3 Å². The molecule has 0 saturated carbocycles. The summed E-state index contributed by atoms with van der Waals surface area (Å²) >= 11 is 0. The molecule has 0 spiro atoms. The Kier molecular flexibility index (Phi) is 4.17. The van der Waals surface area contributed by atoms with Crippen LogP contribution in [0.5, 0.6) is 11.5 Å². The predicted molar refractivity (Wildman–Crippen MR) is 80.8 cm³/mol. The van der Waals surface area contributed by atoms with Crippen LogP contribution in [0.15, 0.2) is 48.5 Å². The van der Waals surface area contributed by atoms with Crippen LogP contribution in [-0.4, -0.2) is 23.8 Å². The molecule has 0 aliphatic carbocycles. The Morgan fingerprint density at radius 2 is 1.67 bits per heavy atom. The van der Waals surface area contributed by atoms with Crippen LogP contribution in [0.2, 0.25) is 0 Å². The lowest BCUT2D eigenvalue weighted by Gasteiger charge is -2.21. The van der Waals surface area contributed by atoms with Gasteiger partial charge in [-0.2, -0.15) is 0 Å². The summed E-state index contributed by atoms with van der Waals surface area (Å²) in [6.07, 6.45) is 0. The Bertz CT molecular complexity index is 629. The van der Waals surface area contributed by atoms with E-state index in [-0.39, 0.29) is 0 Å². The first kappa shape index (κ1) is 14.9. The van der Waals surface area contributed by atoms with Gasteiger partial charge in [0, 0.05) is 0 Å². The molecule has 4 nitrogen and oxygen atoms in total. The second-order valence-electron chi connectivity index (χ2n) is 5.17. The minimum Gasteiger partial charge on any atom is -0.497 e. The molecule has 1 N–H and O–H groups in total. The first-order valence-electron chi connectivity index (χ1n) is 6.59. The summed E-state index contributed by atoms with van der Waals surface area (Å²) in [4.78, 5) is 11.0. The number of aliphatic carboxylic acids is 1. The third kappa shape index (κ3) is 3.54. The van der Waals surface area contributed by atoms with Crippen molar-refractivity contribution < 1.29 is 19.4 Å². The quantitative estimate of drug-likeness (QED) is 0.912. The van der Waals surface area contributed by atoms with Crippen LogP contribution in [0.3, 0.4) is 0 Å². The van der Waals surface area contributed by atoms with E-state index in [0.717, 1.165) is 16.9 Å². The van der Waals surface area contributed by atoms with Gasteiger partial charge in [0.2, 0.25) is 0 Å². The van der Waals surface area contributed by atoms with Gasteiger partial charge in [0.25, 0.3) is 0 Å². The van der Waals surface area contributed by atoms with Gasteiger partial charge in [0.1, 0.15) is 11.5 Å². The molecule has 0 heterocycles. The number of hydrogen-bond acceptors (Lipinski definition) is 3. The lowest BCUT2D eigenvalue weighted by molar-refractivity contribution is -0.152. The Hall–Kier alpha value is -2.49. The SMILES string of the molecule is COc1cccc(-c2ccc(OC(C)(C)C(=O)O)cc2)c1. The standard InChI is InChI=1S/C17H18O4/c1-17(2,16(18)19)21-14-9-7-12(8-10-14)13-5-4-6-15(11-13)20-3/h4-11H,1-3H3,(H,18,19). The molecule has 2 aromatic rings. The number of hydrogen-bond donors (Lipinski definition) is 1. The zero-order valence-electron chi connectivity index (χ0n) is 12.3. The summed E-state index contributed by atoms with van der Waals surface area (Å²) in [7, 11) is 1.63. The molecule has 21 heavy (non-hydrogen) atoms. The third-order valence-electron chi connectivity index (χ3n) is 3.15. The highest BCUT2D eigenvalue weighted by molar-refractivity contribution is 5.76. The molecule has 0 aliphatic rings. The molecule has 0 amide bonds. The van der Waals surface area contributed by atoms with Crippen molar-refractivity contribution in [1.29, 1.82) is 0 Å². The lowest BCUT2D eigenvalue weighted by atomic mass is 10.1. The molecule has 0 aromatic heterocycles. The number of carbonyl (C=O) groups is 1. The lowest BCUT2D eigenvalue weighted by Crippen LogP contribution is -2.37. The maximum atomic E-state index is 11.0. The van der Waals surface area contributed by atoms with E-state index in [1.165, 1.54) is 13.8 Å². The second-order valence-corrected chi connectivity index (χ2v) is 5.17. The Morgan fingerprint density at radius 3 is 2.24 bits per heavy atom. The molecule has 0 fully saturated rings. The van der Waals surface area contributed by atoms with Gasteiger partial charge in [-0.15, -0.1) is 0 Å². The molecule has 4 heteroatoms. The second kappa shape index (κ2) is 5.87. The van der Waals surface area contributed by atoms with Crippen molar-refractivity contribution in [3.8, 4) is 22.6 Å². The van der Waals surface area contributed by atoms with Crippen LogP contribution in [0.1, 0.15) is 13.8 Å². The van der Waals surface area contributed by atoms with E-state index in [1.807, 2.05) is 36.4 Å². The average molecular weight is 286 g/mol. The maximum Gasteiger partial charge on any atom is 0.347 e. The average Bonchev–Trinajstić information content (AvgIpc) is 2.47. The number of carboxylic acid groups (broad SMARTS) is 1. The van der Waals surface area contributed by atoms with Crippen molar-refractivity contribution in [3.05, 3.63) is 48.5 Å². The van der Waals surface area contributed by atoms with Crippen molar-refractivity contribution in [3.63, 3.8) is 0 Å². The fraction of sp³-hybridized carbons (Fsp3) is 0.235. The van der Waals surface area contributed by atoms with Gasteiger partial charge in [-0.05, 0) is 49.2 Å². The van der Waals surface area contributed by atoms with Crippen molar-refractivity contribution in [2.45, 2.75) is 19.4 Å². The molecule has 0 saturated heterocycles. The molecule has 0 bridgehead atoms. The van der Waals surface area contributed by atoms with E-state index in [1.54, 1.807) is 19.2 Å². The maximum absolute atomic E-state index is 11.0. The largest absolute Gasteiger partial charge is 0.497 e. The van der Waals surface area contributed by atoms with Crippen molar-refractivity contribution >= 4 is 5.97 Å². The van der Waals surface area contributed by atoms with Gasteiger partial charge in [-0.25, -0.2) is 4.79 Å². The fourth-order valence-electron chi connectivity index (χ4n) is 1.86. The smallest absolute Gasteiger partial charge is 0.347 e. The first-order chi connectivity index (χ1) is 9.92. The van der Waals surface area contributed by atoms with Crippen molar-refractivity contribution in [1.82, 2.24) is 0 Å². The number of benzene rings is 2. The molecule has 110 valence electrons. The minimum absolute atomic E-state index is 0.522. The Labute approximate surface area is 123 Å². The molecule has 0 radical (unpaired) electrons. The highest BCUT2D eigenvalue weighted by Crippen LogP contribution is 2.27. The summed E-state index contributed by atoms with van der Waals surface area (Å²) in [5, 5.41) is 9.05. The van der Waals surface area contributed by atoms with E-state index in [4.69, 9.17) is 14.6 Å². The van der Waals surface area contributed by atoms with Crippen molar-refractivity contribution in [2.24, 2.45) is 0 Å². The van der Waals surface area contributed by atoms with Crippen molar-refractivity contribution in [2.75, 3.05) is 7.11 Å². The number of methoxy groups -OCH3 is 1. The first-order valence-corrected chi connectivity index (χ1v) is 6.59. The van der Waals surface area contributed by atoms with Gasteiger partial charge >= 0.3 is 5.97 Å². The molecule has 0 aliphatic heterocycles. The van der Waals surface area contributed by atoms with Crippen LogP contribution in [-0.2, 0) is 4.79 Å². The number of rotatable bonds is 5. The van der Waals surface area contributed by atoms with Gasteiger partial charge in [-0.3, -0.25) is 0 Å². The van der Waals surface area contributed by atoms with Crippen LogP contribution in [0.4, 0.5) is 0 Å². The van der Waals surface area contributed by atoms with Gasteiger partial charge < -0.3 is 14.6 Å². The van der Waals surface area contributed by atoms with Gasteiger partial charge in [0.05, 0.1) is 7.11 Å². The normalized spacial score (nSPS) is 11.0. The molecular weight excluding hydrogens is 268 g/mol. The Balaban J connectivity index is 2.21. The van der Waals surface area contributed by atoms with Crippen LogP contribution in [0.25, 0.3) is 11.1 Å². The van der Waals surface area contributed by atoms with Gasteiger partial charge in [0.15, 0.2) is 5.60 Å². The topological polar surface area (TPSA) is 55.8 Å². The highest BCUT2D eigenvalue weighted by Gasteiger charge is 2.29. The van der Waals surface area contributed by atoms with E-state index in [0.29, 0.717) is 5.75 Å². The number of carboxylic acids is 1. The third-order valence-corrected chi connectivity index (χ3v) is 3.15. The number of ether oxygens (including phenoxy) is 2. The highest BCUT2D eigenvalue weighted by atomic mass is 16.5. The van der Waals surface area contributed by atoms with E-state index >= 15 is 0 Å².